The molecule has 0 aromatic heterocycles. The van der Waals surface area contributed by atoms with Crippen molar-refractivity contribution in [3.8, 4) is 0 Å². The lowest BCUT2D eigenvalue weighted by atomic mass is 10.1. The third-order valence-corrected chi connectivity index (χ3v) is 4.90. The van der Waals surface area contributed by atoms with E-state index in [4.69, 9.17) is 17.3 Å². The number of carbonyl (C=O) groups is 3. The van der Waals surface area contributed by atoms with E-state index in [-0.39, 0.29) is 28.7 Å². The van der Waals surface area contributed by atoms with Gasteiger partial charge in [0.1, 0.15) is 11.7 Å². The van der Waals surface area contributed by atoms with Crippen LogP contribution in [-0.2, 0) is 4.79 Å². The molecular formula is C19H17ClN4O5. The minimum absolute atomic E-state index is 0.0238. The van der Waals surface area contributed by atoms with E-state index in [0.717, 1.165) is 6.07 Å². The van der Waals surface area contributed by atoms with Gasteiger partial charge in [-0.25, -0.2) is 0 Å². The Kier molecular flexibility index (Phi) is 5.79. The number of nitrogens with zero attached hydrogens (tertiary/aromatic N) is 3. The van der Waals surface area contributed by atoms with E-state index in [1.807, 2.05) is 0 Å². The number of benzene rings is 2. The summed E-state index contributed by atoms with van der Waals surface area (Å²) in [7, 11) is 0. The number of likely N-dealkylation sites (tertiary alicyclic amines) is 1. The summed E-state index contributed by atoms with van der Waals surface area (Å²) >= 11 is 5.83. The highest BCUT2D eigenvalue weighted by molar-refractivity contribution is 6.32. The molecule has 0 radical (unpaired) electrons. The molecule has 1 saturated heterocycles. The normalized spacial score (nSPS) is 13.4. The van der Waals surface area contributed by atoms with Gasteiger partial charge in [0.15, 0.2) is 0 Å². The first kappa shape index (κ1) is 20.3. The highest BCUT2D eigenvalue weighted by atomic mass is 35.5. The van der Waals surface area contributed by atoms with Crippen molar-refractivity contribution in [3.63, 3.8) is 0 Å². The Labute approximate surface area is 170 Å². The smallest absolute Gasteiger partial charge is 0.288 e. The predicted octanol–water partition coefficient (Wildman–Crippen LogP) is 2.57. The molecule has 150 valence electrons. The van der Waals surface area contributed by atoms with Crippen LogP contribution < -0.4 is 10.6 Å². The summed E-state index contributed by atoms with van der Waals surface area (Å²) in [5.74, 6) is -1.24. The van der Waals surface area contributed by atoms with Gasteiger partial charge in [-0.3, -0.25) is 29.4 Å². The summed E-state index contributed by atoms with van der Waals surface area (Å²) in [5, 5.41) is 11.1. The molecule has 0 aliphatic carbocycles. The van der Waals surface area contributed by atoms with Crippen molar-refractivity contribution in [2.75, 3.05) is 18.1 Å². The van der Waals surface area contributed by atoms with Crippen LogP contribution in [0.2, 0.25) is 5.02 Å². The second kappa shape index (κ2) is 8.27. The van der Waals surface area contributed by atoms with Crippen LogP contribution in [0.5, 0.6) is 0 Å². The number of nitro benzene ring substituents is 1. The molecule has 3 amide bonds. The number of anilines is 1. The number of halogens is 1. The van der Waals surface area contributed by atoms with Gasteiger partial charge in [0.25, 0.3) is 11.6 Å². The largest absolute Gasteiger partial charge is 0.366 e. The molecule has 1 aliphatic rings. The van der Waals surface area contributed by atoms with Crippen molar-refractivity contribution in [1.82, 2.24) is 4.90 Å². The number of hydrogen-bond donors (Lipinski definition) is 1. The zero-order valence-corrected chi connectivity index (χ0v) is 16.0. The number of hydrogen-bond acceptors (Lipinski definition) is 5. The van der Waals surface area contributed by atoms with Crippen LogP contribution in [0.25, 0.3) is 0 Å². The van der Waals surface area contributed by atoms with Crippen LogP contribution in [0.3, 0.4) is 0 Å². The van der Waals surface area contributed by atoms with E-state index >= 15 is 0 Å². The molecule has 1 heterocycles. The minimum atomic E-state index is -0.672. The molecule has 2 aromatic rings. The fraction of sp³-hybridized carbons (Fsp3) is 0.211. The monoisotopic (exact) mass is 416 g/mol. The first-order valence-electron chi connectivity index (χ1n) is 8.71. The first-order chi connectivity index (χ1) is 13.8. The van der Waals surface area contributed by atoms with Gasteiger partial charge in [-0.05, 0) is 42.8 Å². The molecule has 1 aliphatic heterocycles. The molecule has 0 bridgehead atoms. The van der Waals surface area contributed by atoms with Crippen molar-refractivity contribution >= 4 is 40.7 Å². The standard InChI is InChI=1S/C19H17ClN4O5/c20-15-8-5-13(10-16(15)24(28)29)19(27)23(11-22-9-1-2-17(22)25)14-6-3-12(4-7-14)18(21)26/h3-8,10H,1-2,9,11H2,(H2,21,26). The summed E-state index contributed by atoms with van der Waals surface area (Å²) < 4.78 is 0. The Morgan fingerprint density at radius 3 is 2.38 bits per heavy atom. The second-order valence-corrected chi connectivity index (χ2v) is 6.88. The number of primary amides is 1. The zero-order valence-electron chi connectivity index (χ0n) is 15.2. The molecule has 2 aromatic carbocycles. The SMILES string of the molecule is NC(=O)c1ccc(N(CN2CCCC2=O)C(=O)c2ccc(Cl)c([N+](=O)[O-])c2)cc1. The van der Waals surface area contributed by atoms with E-state index < -0.39 is 22.4 Å². The van der Waals surface area contributed by atoms with E-state index in [0.29, 0.717) is 25.1 Å². The number of rotatable bonds is 6. The molecule has 10 heteroatoms. The third-order valence-electron chi connectivity index (χ3n) is 4.58. The van der Waals surface area contributed by atoms with E-state index in [9.17, 15) is 24.5 Å². The van der Waals surface area contributed by atoms with Gasteiger partial charge in [0.2, 0.25) is 11.8 Å². The Morgan fingerprint density at radius 2 is 1.83 bits per heavy atom. The maximum Gasteiger partial charge on any atom is 0.288 e. The van der Waals surface area contributed by atoms with Gasteiger partial charge in [0.05, 0.1) is 4.92 Å². The Bertz CT molecular complexity index is 993. The average molecular weight is 417 g/mol. The van der Waals surface area contributed by atoms with E-state index in [1.54, 1.807) is 0 Å². The summed E-state index contributed by atoms with van der Waals surface area (Å²) in [6.45, 7) is 0.479. The number of carbonyl (C=O) groups excluding carboxylic acids is 3. The Morgan fingerprint density at radius 1 is 1.17 bits per heavy atom. The topological polar surface area (TPSA) is 127 Å². The third kappa shape index (κ3) is 4.35. The van der Waals surface area contributed by atoms with Gasteiger partial charge in [-0.1, -0.05) is 11.6 Å². The predicted molar refractivity (Wildman–Crippen MR) is 106 cm³/mol. The molecule has 9 nitrogen and oxygen atoms in total. The van der Waals surface area contributed by atoms with Gasteiger partial charge in [0, 0.05) is 35.8 Å². The lowest BCUT2D eigenvalue weighted by Crippen LogP contribution is -2.42. The molecule has 0 spiro atoms. The van der Waals surface area contributed by atoms with E-state index in [2.05, 4.69) is 0 Å². The fourth-order valence-corrected chi connectivity index (χ4v) is 3.22. The molecule has 0 atom stereocenters. The van der Waals surface area contributed by atoms with Crippen LogP contribution in [0.1, 0.15) is 33.6 Å². The van der Waals surface area contributed by atoms with Crippen molar-refractivity contribution < 1.29 is 19.3 Å². The van der Waals surface area contributed by atoms with Crippen molar-refractivity contribution in [2.45, 2.75) is 12.8 Å². The molecule has 0 saturated carbocycles. The number of amides is 3. The fourth-order valence-electron chi connectivity index (χ4n) is 3.03. The lowest BCUT2D eigenvalue weighted by molar-refractivity contribution is -0.384. The summed E-state index contributed by atoms with van der Waals surface area (Å²) in [5.41, 5.74) is 5.59. The van der Waals surface area contributed by atoms with Crippen molar-refractivity contribution in [3.05, 3.63) is 68.7 Å². The lowest BCUT2D eigenvalue weighted by Gasteiger charge is -2.28. The van der Waals surface area contributed by atoms with Crippen LogP contribution in [0.15, 0.2) is 42.5 Å². The van der Waals surface area contributed by atoms with Crippen LogP contribution in [0.4, 0.5) is 11.4 Å². The number of nitro groups is 1. The minimum Gasteiger partial charge on any atom is -0.366 e. The summed E-state index contributed by atoms with van der Waals surface area (Å²) in [6, 6.07) is 9.76. The quantitative estimate of drug-likeness (QED) is 0.571. The maximum atomic E-state index is 13.2. The van der Waals surface area contributed by atoms with Gasteiger partial charge < -0.3 is 10.6 Å². The second-order valence-electron chi connectivity index (χ2n) is 6.47. The van der Waals surface area contributed by atoms with E-state index in [1.165, 1.54) is 46.2 Å². The average Bonchev–Trinajstić information content (AvgIpc) is 3.10. The van der Waals surface area contributed by atoms with Crippen LogP contribution in [-0.4, -0.2) is 40.8 Å². The van der Waals surface area contributed by atoms with Gasteiger partial charge in [-0.15, -0.1) is 0 Å². The number of nitrogens with two attached hydrogens (primary N) is 1. The molecule has 29 heavy (non-hydrogen) atoms. The van der Waals surface area contributed by atoms with Crippen LogP contribution in [0, 0.1) is 10.1 Å². The summed E-state index contributed by atoms with van der Waals surface area (Å²) in [6.07, 6.45) is 1.09. The Balaban J connectivity index is 1.98. The van der Waals surface area contributed by atoms with Gasteiger partial charge in [-0.2, -0.15) is 0 Å². The maximum absolute atomic E-state index is 13.2. The van der Waals surface area contributed by atoms with Crippen molar-refractivity contribution in [1.29, 1.82) is 0 Å². The molecular weight excluding hydrogens is 400 g/mol. The highest BCUT2D eigenvalue weighted by Crippen LogP contribution is 2.27. The first-order valence-corrected chi connectivity index (χ1v) is 9.09. The molecule has 3 rings (SSSR count). The molecule has 0 unspecified atom stereocenters. The molecule has 1 fully saturated rings. The van der Waals surface area contributed by atoms with Gasteiger partial charge >= 0.3 is 0 Å². The molecule has 2 N–H and O–H groups in total. The van der Waals surface area contributed by atoms with Crippen LogP contribution >= 0.6 is 11.6 Å². The highest BCUT2D eigenvalue weighted by Gasteiger charge is 2.27. The zero-order chi connectivity index (χ0) is 21.1. The van der Waals surface area contributed by atoms with Crippen molar-refractivity contribution in [2.24, 2.45) is 5.73 Å². The summed E-state index contributed by atoms with van der Waals surface area (Å²) in [4.78, 5) is 49.9. The Hall–Kier alpha value is -3.46.